The lowest BCUT2D eigenvalue weighted by Gasteiger charge is -2.35. The number of amides is 1. The van der Waals surface area contributed by atoms with Crippen molar-refractivity contribution in [1.29, 1.82) is 0 Å². The molecule has 3 heterocycles. The fourth-order valence-electron chi connectivity index (χ4n) is 4.58. The van der Waals surface area contributed by atoms with E-state index in [2.05, 4.69) is 18.7 Å². The average molecular weight is 469 g/mol. The van der Waals surface area contributed by atoms with Crippen LogP contribution in [-0.4, -0.2) is 68.1 Å². The van der Waals surface area contributed by atoms with E-state index in [0.717, 1.165) is 47.2 Å². The highest BCUT2D eigenvalue weighted by Gasteiger charge is 2.31. The van der Waals surface area contributed by atoms with Crippen LogP contribution in [0.1, 0.15) is 25.0 Å². The Bertz CT molecular complexity index is 1030. The first-order valence-electron chi connectivity index (χ1n) is 11.9. The summed E-state index contributed by atoms with van der Waals surface area (Å²) in [4.78, 5) is 17.7. The number of carbonyl (C=O) groups is 1. The van der Waals surface area contributed by atoms with Crippen LogP contribution in [0, 0.1) is 5.92 Å². The lowest BCUT2D eigenvalue weighted by Crippen LogP contribution is -2.51. The van der Waals surface area contributed by atoms with E-state index in [1.165, 1.54) is 0 Å². The van der Waals surface area contributed by atoms with E-state index in [9.17, 15) is 4.79 Å². The van der Waals surface area contributed by atoms with Gasteiger partial charge in [-0.25, -0.2) is 0 Å². The van der Waals surface area contributed by atoms with Crippen molar-refractivity contribution in [3.8, 4) is 23.0 Å². The van der Waals surface area contributed by atoms with Crippen LogP contribution < -0.4 is 18.9 Å². The molecule has 34 heavy (non-hydrogen) atoms. The van der Waals surface area contributed by atoms with E-state index in [-0.39, 0.29) is 12.7 Å². The zero-order valence-corrected chi connectivity index (χ0v) is 19.8. The summed E-state index contributed by atoms with van der Waals surface area (Å²) < 4.78 is 28.2. The lowest BCUT2D eigenvalue weighted by atomic mass is 10.1. The molecular formula is C26H32N2O6. The summed E-state index contributed by atoms with van der Waals surface area (Å²) in [6, 6.07) is 11.9. The second-order valence-electron chi connectivity index (χ2n) is 9.37. The van der Waals surface area contributed by atoms with Gasteiger partial charge in [0.15, 0.2) is 23.0 Å². The summed E-state index contributed by atoms with van der Waals surface area (Å²) in [5.74, 6) is 3.42. The highest BCUT2D eigenvalue weighted by molar-refractivity contribution is 5.81. The Balaban J connectivity index is 1.25. The molecule has 8 heteroatoms. The molecular weight excluding hydrogens is 436 g/mol. The van der Waals surface area contributed by atoms with E-state index in [1.807, 2.05) is 41.3 Å². The molecule has 2 aromatic carbocycles. The zero-order chi connectivity index (χ0) is 23.5. The van der Waals surface area contributed by atoms with Crippen LogP contribution in [0.4, 0.5) is 0 Å². The van der Waals surface area contributed by atoms with Gasteiger partial charge in [-0.15, -0.1) is 0 Å². The molecule has 1 fully saturated rings. The maximum Gasteiger partial charge on any atom is 0.253 e. The molecule has 0 radical (unpaired) electrons. The molecule has 0 spiro atoms. The minimum absolute atomic E-state index is 0.0268. The van der Waals surface area contributed by atoms with Gasteiger partial charge in [0.25, 0.3) is 5.91 Å². The van der Waals surface area contributed by atoms with E-state index in [4.69, 9.17) is 23.7 Å². The molecule has 1 amide bonds. The van der Waals surface area contributed by atoms with E-state index < -0.39 is 6.10 Å². The number of carbonyl (C=O) groups excluding carboxylic acids is 1. The molecule has 0 saturated carbocycles. The van der Waals surface area contributed by atoms with E-state index >= 15 is 0 Å². The van der Waals surface area contributed by atoms with Crippen molar-refractivity contribution in [2.45, 2.75) is 33.0 Å². The first-order valence-corrected chi connectivity index (χ1v) is 11.9. The molecule has 182 valence electrons. The van der Waals surface area contributed by atoms with Crippen molar-refractivity contribution >= 4 is 5.91 Å². The quantitative estimate of drug-likeness (QED) is 0.619. The van der Waals surface area contributed by atoms with Crippen molar-refractivity contribution in [3.05, 3.63) is 47.5 Å². The minimum atomic E-state index is -0.487. The molecule has 3 aliphatic rings. The maximum atomic E-state index is 13.6. The Morgan fingerprint density at radius 3 is 2.44 bits per heavy atom. The molecule has 0 N–H and O–H groups in total. The number of benzene rings is 2. The van der Waals surface area contributed by atoms with Crippen LogP contribution in [0.15, 0.2) is 36.4 Å². The molecule has 8 nitrogen and oxygen atoms in total. The second-order valence-corrected chi connectivity index (χ2v) is 9.37. The Morgan fingerprint density at radius 2 is 1.62 bits per heavy atom. The van der Waals surface area contributed by atoms with Crippen LogP contribution in [0.3, 0.4) is 0 Å². The molecule has 0 bridgehead atoms. The Hall–Kier alpha value is -2.97. The molecule has 5 rings (SSSR count). The SMILES string of the molecule is CC(C)CN(Cc1ccc2c(c1)OCCO2)C(=O)C1CN(Cc2ccc3c(c2)OCO3)CCO1. The minimum Gasteiger partial charge on any atom is -0.486 e. The van der Waals surface area contributed by atoms with E-state index in [0.29, 0.717) is 45.4 Å². The highest BCUT2D eigenvalue weighted by atomic mass is 16.7. The standard InChI is InChI=1S/C26H32N2O6/c1-18(2)13-28(15-20-4-5-21-23(12-20)32-10-9-31-21)26(29)25-16-27(7-8-30-25)14-19-3-6-22-24(11-19)34-17-33-22/h3-6,11-12,18,25H,7-10,13-17H2,1-2H3. The Kier molecular flexibility index (Phi) is 6.78. The van der Waals surface area contributed by atoms with Gasteiger partial charge in [-0.05, 0) is 41.3 Å². The van der Waals surface area contributed by atoms with Crippen LogP contribution in [-0.2, 0) is 22.6 Å². The number of rotatable bonds is 7. The number of hydrogen-bond donors (Lipinski definition) is 0. The predicted molar refractivity (Wildman–Crippen MR) is 125 cm³/mol. The zero-order valence-electron chi connectivity index (χ0n) is 19.8. The van der Waals surface area contributed by atoms with Crippen LogP contribution in [0.2, 0.25) is 0 Å². The normalized spacial score (nSPS) is 19.3. The van der Waals surface area contributed by atoms with Crippen molar-refractivity contribution in [1.82, 2.24) is 9.80 Å². The predicted octanol–water partition coefficient (Wildman–Crippen LogP) is 3.07. The molecule has 3 aliphatic heterocycles. The Labute approximate surface area is 200 Å². The molecule has 1 saturated heterocycles. The fraction of sp³-hybridized carbons (Fsp3) is 0.500. The van der Waals surface area contributed by atoms with Gasteiger partial charge < -0.3 is 28.6 Å². The third-order valence-corrected chi connectivity index (χ3v) is 6.15. The molecule has 1 unspecified atom stereocenters. The van der Waals surface area contributed by atoms with Gasteiger partial charge in [-0.3, -0.25) is 9.69 Å². The average Bonchev–Trinajstić information content (AvgIpc) is 3.31. The largest absolute Gasteiger partial charge is 0.486 e. The van der Waals surface area contributed by atoms with Gasteiger partial charge in [0.05, 0.1) is 6.61 Å². The topological polar surface area (TPSA) is 69.7 Å². The van der Waals surface area contributed by atoms with Crippen molar-refractivity contribution in [2.24, 2.45) is 5.92 Å². The van der Waals surface area contributed by atoms with Gasteiger partial charge >= 0.3 is 0 Å². The number of fused-ring (bicyclic) bond motifs is 2. The van der Waals surface area contributed by atoms with Crippen LogP contribution >= 0.6 is 0 Å². The molecule has 1 atom stereocenters. The van der Waals surface area contributed by atoms with Crippen molar-refractivity contribution < 1.29 is 28.5 Å². The molecule has 0 aromatic heterocycles. The highest BCUT2D eigenvalue weighted by Crippen LogP contribution is 2.33. The van der Waals surface area contributed by atoms with Crippen LogP contribution in [0.25, 0.3) is 0 Å². The molecule has 0 aliphatic carbocycles. The summed E-state index contributed by atoms with van der Waals surface area (Å²) in [5, 5.41) is 0. The monoisotopic (exact) mass is 468 g/mol. The number of hydrogen-bond acceptors (Lipinski definition) is 7. The van der Waals surface area contributed by atoms with Crippen molar-refractivity contribution in [3.63, 3.8) is 0 Å². The number of nitrogens with zero attached hydrogens (tertiary/aromatic N) is 2. The van der Waals surface area contributed by atoms with E-state index in [1.54, 1.807) is 0 Å². The summed E-state index contributed by atoms with van der Waals surface area (Å²) in [6.07, 6.45) is -0.487. The summed E-state index contributed by atoms with van der Waals surface area (Å²) >= 11 is 0. The van der Waals surface area contributed by atoms with Gasteiger partial charge in [0.1, 0.15) is 19.3 Å². The summed E-state index contributed by atoms with van der Waals surface area (Å²) in [7, 11) is 0. The summed E-state index contributed by atoms with van der Waals surface area (Å²) in [5.41, 5.74) is 2.15. The first-order chi connectivity index (χ1) is 16.5. The third kappa shape index (κ3) is 5.23. The van der Waals surface area contributed by atoms with Crippen molar-refractivity contribution in [2.75, 3.05) is 46.2 Å². The van der Waals surface area contributed by atoms with Crippen LogP contribution in [0.5, 0.6) is 23.0 Å². The molecule has 2 aromatic rings. The van der Waals surface area contributed by atoms with Gasteiger partial charge in [-0.1, -0.05) is 26.0 Å². The lowest BCUT2D eigenvalue weighted by molar-refractivity contribution is -0.151. The number of morpholine rings is 1. The smallest absolute Gasteiger partial charge is 0.253 e. The fourth-order valence-corrected chi connectivity index (χ4v) is 4.58. The van der Waals surface area contributed by atoms with Gasteiger partial charge in [0.2, 0.25) is 6.79 Å². The van der Waals surface area contributed by atoms with Gasteiger partial charge in [-0.2, -0.15) is 0 Å². The second kappa shape index (κ2) is 10.1. The Morgan fingerprint density at radius 1 is 0.941 bits per heavy atom. The summed E-state index contributed by atoms with van der Waals surface area (Å²) in [6.45, 7) is 9.39. The van der Waals surface area contributed by atoms with Gasteiger partial charge in [0, 0.05) is 32.7 Å². The number of ether oxygens (including phenoxy) is 5. The third-order valence-electron chi connectivity index (χ3n) is 6.15. The maximum absolute atomic E-state index is 13.6. The first kappa shape index (κ1) is 22.8.